The minimum absolute atomic E-state index is 0.00342. The number of hydrogen-bond donors (Lipinski definition) is 3. The first kappa shape index (κ1) is 29.2. The van der Waals surface area contributed by atoms with Gasteiger partial charge in [-0.15, -0.1) is 0 Å². The minimum atomic E-state index is -1.39. The molecule has 0 aromatic rings. The standard InChI is InChI=1S/C26H46O8/c1-2-3-4-11-14-21(28)15-12-9-7-5-6-8-10-13-16-23(30)34-24-22(29)19-31-25(24)26(20-27)32-17-18-33-26/h9,12,21-22,24-25,27-29H,2-8,10-11,13-20H2,1H3/b12-9-/t21-,22+,24-,25+/m1/s1. The summed E-state index contributed by atoms with van der Waals surface area (Å²) in [5, 5.41) is 29.9. The first-order chi connectivity index (χ1) is 16.5. The zero-order chi connectivity index (χ0) is 24.7. The van der Waals surface area contributed by atoms with Gasteiger partial charge in [0.1, 0.15) is 12.7 Å². The van der Waals surface area contributed by atoms with Crippen LogP contribution in [-0.2, 0) is 23.7 Å². The monoisotopic (exact) mass is 486 g/mol. The Kier molecular flexibility index (Phi) is 14.3. The molecule has 8 heteroatoms. The fraction of sp³-hybridized carbons (Fsp3) is 0.885. The molecule has 198 valence electrons. The molecule has 2 saturated heterocycles. The Balaban J connectivity index is 1.51. The number of allylic oxidation sites excluding steroid dienone is 1. The number of rotatable bonds is 18. The van der Waals surface area contributed by atoms with Gasteiger partial charge in [0.05, 0.1) is 25.9 Å². The predicted molar refractivity (Wildman–Crippen MR) is 128 cm³/mol. The quantitative estimate of drug-likeness (QED) is 0.153. The zero-order valence-corrected chi connectivity index (χ0v) is 20.9. The van der Waals surface area contributed by atoms with Gasteiger partial charge < -0.3 is 34.3 Å². The van der Waals surface area contributed by atoms with Crippen LogP contribution in [0.5, 0.6) is 0 Å². The molecule has 2 fully saturated rings. The van der Waals surface area contributed by atoms with E-state index in [9.17, 15) is 20.1 Å². The van der Waals surface area contributed by atoms with Crippen molar-refractivity contribution < 1.29 is 39.1 Å². The number of carbonyl (C=O) groups excluding carboxylic acids is 1. The second-order valence-corrected chi connectivity index (χ2v) is 9.46. The summed E-state index contributed by atoms with van der Waals surface area (Å²) in [4.78, 5) is 12.3. The van der Waals surface area contributed by atoms with Crippen LogP contribution >= 0.6 is 0 Å². The molecule has 4 atom stereocenters. The van der Waals surface area contributed by atoms with Gasteiger partial charge >= 0.3 is 5.97 Å². The van der Waals surface area contributed by atoms with Gasteiger partial charge in [0, 0.05) is 6.42 Å². The number of ether oxygens (including phenoxy) is 4. The third kappa shape index (κ3) is 9.91. The van der Waals surface area contributed by atoms with Gasteiger partial charge in [-0.3, -0.25) is 4.79 Å². The van der Waals surface area contributed by atoms with Gasteiger partial charge in [0.2, 0.25) is 5.79 Å². The Labute approximate surface area is 204 Å². The van der Waals surface area contributed by atoms with Gasteiger partial charge in [-0.05, 0) is 32.1 Å². The molecule has 34 heavy (non-hydrogen) atoms. The summed E-state index contributed by atoms with van der Waals surface area (Å²) in [5.74, 6) is -1.77. The summed E-state index contributed by atoms with van der Waals surface area (Å²) >= 11 is 0. The van der Waals surface area contributed by atoms with Crippen molar-refractivity contribution in [1.29, 1.82) is 0 Å². The van der Waals surface area contributed by atoms with Crippen molar-refractivity contribution in [3.63, 3.8) is 0 Å². The first-order valence-electron chi connectivity index (χ1n) is 13.2. The molecule has 0 bridgehead atoms. The summed E-state index contributed by atoms with van der Waals surface area (Å²) in [5.41, 5.74) is 0. The highest BCUT2D eigenvalue weighted by Gasteiger charge is 2.55. The fourth-order valence-electron chi connectivity index (χ4n) is 4.50. The average molecular weight is 487 g/mol. The predicted octanol–water partition coefficient (Wildman–Crippen LogP) is 3.40. The van der Waals surface area contributed by atoms with Crippen molar-refractivity contribution in [3.8, 4) is 0 Å². The summed E-state index contributed by atoms with van der Waals surface area (Å²) in [6.07, 6.45) is 13.9. The van der Waals surface area contributed by atoms with Crippen molar-refractivity contribution in [3.05, 3.63) is 12.2 Å². The van der Waals surface area contributed by atoms with Gasteiger partial charge in [-0.1, -0.05) is 64.0 Å². The van der Waals surface area contributed by atoms with Crippen molar-refractivity contribution >= 4 is 5.97 Å². The Morgan fingerprint density at radius 1 is 1.06 bits per heavy atom. The van der Waals surface area contributed by atoms with E-state index in [1.807, 2.05) is 0 Å². The largest absolute Gasteiger partial charge is 0.456 e. The summed E-state index contributed by atoms with van der Waals surface area (Å²) in [6, 6.07) is 0. The molecule has 2 aliphatic rings. The molecule has 0 spiro atoms. The lowest BCUT2D eigenvalue weighted by molar-refractivity contribution is -0.257. The van der Waals surface area contributed by atoms with E-state index in [0.29, 0.717) is 13.2 Å². The maximum absolute atomic E-state index is 12.3. The van der Waals surface area contributed by atoms with Crippen LogP contribution in [0.15, 0.2) is 12.2 Å². The molecule has 0 unspecified atom stereocenters. The maximum atomic E-state index is 12.3. The number of aliphatic hydroxyl groups excluding tert-OH is 3. The zero-order valence-electron chi connectivity index (χ0n) is 20.9. The van der Waals surface area contributed by atoms with E-state index in [0.717, 1.165) is 57.8 Å². The van der Waals surface area contributed by atoms with Crippen LogP contribution in [0.3, 0.4) is 0 Å². The molecule has 2 aliphatic heterocycles. The molecule has 0 aromatic carbocycles. The maximum Gasteiger partial charge on any atom is 0.306 e. The number of unbranched alkanes of at least 4 members (excludes halogenated alkanes) is 8. The number of aliphatic hydroxyl groups is 3. The van der Waals surface area contributed by atoms with E-state index in [1.165, 1.54) is 19.3 Å². The molecular formula is C26H46O8. The topological polar surface area (TPSA) is 115 Å². The summed E-state index contributed by atoms with van der Waals surface area (Å²) in [6.45, 7) is 2.39. The summed E-state index contributed by atoms with van der Waals surface area (Å²) < 4.78 is 22.1. The molecule has 0 aromatic heterocycles. The smallest absolute Gasteiger partial charge is 0.306 e. The van der Waals surface area contributed by atoms with Gasteiger partial charge in [-0.2, -0.15) is 0 Å². The number of hydrogen-bond acceptors (Lipinski definition) is 8. The normalized spacial score (nSPS) is 25.2. The Morgan fingerprint density at radius 2 is 1.76 bits per heavy atom. The number of carbonyl (C=O) groups is 1. The minimum Gasteiger partial charge on any atom is -0.456 e. The van der Waals surface area contributed by atoms with E-state index < -0.39 is 30.7 Å². The van der Waals surface area contributed by atoms with Gasteiger partial charge in [-0.25, -0.2) is 0 Å². The van der Waals surface area contributed by atoms with Crippen molar-refractivity contribution in [2.24, 2.45) is 0 Å². The van der Waals surface area contributed by atoms with E-state index in [-0.39, 0.29) is 25.1 Å². The van der Waals surface area contributed by atoms with E-state index in [4.69, 9.17) is 18.9 Å². The lowest BCUT2D eigenvalue weighted by Crippen LogP contribution is -2.54. The van der Waals surface area contributed by atoms with Crippen molar-refractivity contribution in [2.75, 3.05) is 26.4 Å². The molecule has 0 saturated carbocycles. The van der Waals surface area contributed by atoms with Crippen molar-refractivity contribution in [1.82, 2.24) is 0 Å². The van der Waals surface area contributed by atoms with Crippen LogP contribution in [0.4, 0.5) is 0 Å². The van der Waals surface area contributed by atoms with Crippen LogP contribution in [0.25, 0.3) is 0 Å². The van der Waals surface area contributed by atoms with Crippen LogP contribution in [0.1, 0.15) is 90.4 Å². The fourth-order valence-corrected chi connectivity index (χ4v) is 4.50. The van der Waals surface area contributed by atoms with Gasteiger partial charge in [0.15, 0.2) is 12.2 Å². The lowest BCUT2D eigenvalue weighted by Gasteiger charge is -2.33. The molecule has 2 heterocycles. The number of esters is 1. The second-order valence-electron chi connectivity index (χ2n) is 9.46. The SMILES string of the molecule is CCCCCC[C@@H](O)C/C=C\CCCCCCCC(=O)O[C@@H]1[C@@H](O)CO[C@@H]1C1(CO)OCCO1. The molecule has 2 rings (SSSR count). The highest BCUT2D eigenvalue weighted by atomic mass is 16.8. The van der Waals surface area contributed by atoms with E-state index in [2.05, 4.69) is 19.1 Å². The van der Waals surface area contributed by atoms with Crippen LogP contribution < -0.4 is 0 Å². The Hall–Kier alpha value is -1.03. The van der Waals surface area contributed by atoms with Crippen molar-refractivity contribution in [2.45, 2.75) is 121 Å². The third-order valence-electron chi connectivity index (χ3n) is 6.54. The molecule has 3 N–H and O–H groups in total. The average Bonchev–Trinajstić information content (AvgIpc) is 3.46. The second kappa shape index (κ2) is 16.6. The van der Waals surface area contributed by atoms with Crippen LogP contribution in [-0.4, -0.2) is 77.9 Å². The Morgan fingerprint density at radius 3 is 2.50 bits per heavy atom. The highest BCUT2D eigenvalue weighted by Crippen LogP contribution is 2.34. The third-order valence-corrected chi connectivity index (χ3v) is 6.54. The molecule has 0 amide bonds. The molecular weight excluding hydrogens is 440 g/mol. The highest BCUT2D eigenvalue weighted by molar-refractivity contribution is 5.69. The van der Waals surface area contributed by atoms with Crippen LogP contribution in [0.2, 0.25) is 0 Å². The first-order valence-corrected chi connectivity index (χ1v) is 13.2. The van der Waals surface area contributed by atoms with E-state index >= 15 is 0 Å². The molecule has 0 aliphatic carbocycles. The Bertz CT molecular complexity index is 575. The van der Waals surface area contributed by atoms with Gasteiger partial charge in [0.25, 0.3) is 0 Å². The van der Waals surface area contributed by atoms with E-state index in [1.54, 1.807) is 0 Å². The summed E-state index contributed by atoms with van der Waals surface area (Å²) in [7, 11) is 0. The molecule has 8 nitrogen and oxygen atoms in total. The molecule has 0 radical (unpaired) electrons. The van der Waals surface area contributed by atoms with Crippen LogP contribution in [0, 0.1) is 0 Å². The lowest BCUT2D eigenvalue weighted by atomic mass is 10.0.